The molecule has 0 radical (unpaired) electrons. The molecular formula is C7H14N4. The number of aromatic nitrogens is 3. The molecule has 4 nitrogen and oxygen atoms in total. The lowest BCUT2D eigenvalue weighted by Crippen LogP contribution is -2.10. The fourth-order valence-electron chi connectivity index (χ4n) is 0.983. The van der Waals surface area contributed by atoms with E-state index in [0.717, 1.165) is 12.4 Å². The van der Waals surface area contributed by atoms with E-state index < -0.39 is 0 Å². The molecule has 0 aliphatic carbocycles. The molecule has 0 spiro atoms. The van der Waals surface area contributed by atoms with Gasteiger partial charge in [0, 0.05) is 6.54 Å². The highest BCUT2D eigenvalue weighted by Crippen LogP contribution is 2.00. The Kier molecular flexibility index (Phi) is 2.59. The molecule has 0 atom stereocenters. The smallest absolute Gasteiger partial charge is 0.146 e. The predicted molar refractivity (Wildman–Crippen MR) is 42.8 cm³/mol. The van der Waals surface area contributed by atoms with Crippen molar-refractivity contribution in [1.29, 1.82) is 0 Å². The number of hydrogen-bond donors (Lipinski definition) is 1. The second-order valence-electron chi connectivity index (χ2n) is 3.00. The van der Waals surface area contributed by atoms with Gasteiger partial charge in [0.15, 0.2) is 0 Å². The summed E-state index contributed by atoms with van der Waals surface area (Å²) < 4.78 is 1.99. The van der Waals surface area contributed by atoms with Gasteiger partial charge in [0.2, 0.25) is 0 Å². The van der Waals surface area contributed by atoms with E-state index in [-0.39, 0.29) is 0 Å². The van der Waals surface area contributed by atoms with E-state index in [1.54, 1.807) is 6.33 Å². The van der Waals surface area contributed by atoms with Gasteiger partial charge in [-0.1, -0.05) is 13.8 Å². The molecule has 0 saturated carbocycles. The Morgan fingerprint density at radius 3 is 2.91 bits per heavy atom. The first kappa shape index (κ1) is 8.20. The van der Waals surface area contributed by atoms with Gasteiger partial charge in [-0.25, -0.2) is 0 Å². The molecule has 0 unspecified atom stereocenters. The molecule has 0 aliphatic rings. The average molecular weight is 154 g/mol. The molecule has 62 valence electrons. The van der Waals surface area contributed by atoms with Gasteiger partial charge in [-0.15, -0.1) is 10.2 Å². The van der Waals surface area contributed by atoms with Crippen molar-refractivity contribution in [2.45, 2.75) is 26.9 Å². The summed E-state index contributed by atoms with van der Waals surface area (Å²) in [5, 5.41) is 7.65. The maximum atomic E-state index is 5.45. The third kappa shape index (κ3) is 2.01. The van der Waals surface area contributed by atoms with Crippen LogP contribution in [0.4, 0.5) is 0 Å². The van der Waals surface area contributed by atoms with Crippen molar-refractivity contribution in [3.8, 4) is 0 Å². The highest BCUT2D eigenvalue weighted by molar-refractivity contribution is 4.83. The summed E-state index contributed by atoms with van der Waals surface area (Å²) in [6.07, 6.45) is 1.72. The Balaban J connectivity index is 2.68. The Labute approximate surface area is 66.4 Å². The second-order valence-corrected chi connectivity index (χ2v) is 3.00. The van der Waals surface area contributed by atoms with Crippen molar-refractivity contribution in [2.75, 3.05) is 0 Å². The van der Waals surface area contributed by atoms with Crippen LogP contribution >= 0.6 is 0 Å². The summed E-state index contributed by atoms with van der Waals surface area (Å²) >= 11 is 0. The minimum Gasteiger partial charge on any atom is -0.324 e. The zero-order chi connectivity index (χ0) is 8.27. The van der Waals surface area contributed by atoms with E-state index in [0.29, 0.717) is 12.5 Å². The first-order valence-electron chi connectivity index (χ1n) is 3.80. The van der Waals surface area contributed by atoms with Crippen molar-refractivity contribution >= 4 is 0 Å². The van der Waals surface area contributed by atoms with E-state index in [1.807, 2.05) is 4.57 Å². The lowest BCUT2D eigenvalue weighted by Gasteiger charge is -2.06. The molecule has 0 amide bonds. The lowest BCUT2D eigenvalue weighted by atomic mass is 10.2. The van der Waals surface area contributed by atoms with Gasteiger partial charge in [0.25, 0.3) is 0 Å². The van der Waals surface area contributed by atoms with E-state index >= 15 is 0 Å². The number of nitrogens with two attached hydrogens (primary N) is 1. The SMILES string of the molecule is CC(C)Cn1cnnc1CN. The summed E-state index contributed by atoms with van der Waals surface area (Å²) in [7, 11) is 0. The van der Waals surface area contributed by atoms with Crippen molar-refractivity contribution < 1.29 is 0 Å². The standard InChI is InChI=1S/C7H14N4/c1-6(2)4-11-5-9-10-7(11)3-8/h5-6H,3-4,8H2,1-2H3. The Morgan fingerprint density at radius 1 is 1.64 bits per heavy atom. The average Bonchev–Trinajstić information content (AvgIpc) is 2.34. The molecule has 1 heterocycles. The van der Waals surface area contributed by atoms with E-state index in [9.17, 15) is 0 Å². The highest BCUT2D eigenvalue weighted by Gasteiger charge is 2.02. The molecule has 1 aromatic heterocycles. The quantitative estimate of drug-likeness (QED) is 0.685. The fourth-order valence-corrected chi connectivity index (χ4v) is 0.983. The van der Waals surface area contributed by atoms with Crippen molar-refractivity contribution in [1.82, 2.24) is 14.8 Å². The monoisotopic (exact) mass is 154 g/mol. The van der Waals surface area contributed by atoms with E-state index in [2.05, 4.69) is 24.0 Å². The van der Waals surface area contributed by atoms with Crippen LogP contribution in [-0.4, -0.2) is 14.8 Å². The maximum Gasteiger partial charge on any atom is 0.146 e. The largest absolute Gasteiger partial charge is 0.324 e. The van der Waals surface area contributed by atoms with Gasteiger partial charge >= 0.3 is 0 Å². The first-order valence-corrected chi connectivity index (χ1v) is 3.80. The molecule has 11 heavy (non-hydrogen) atoms. The summed E-state index contributed by atoms with van der Waals surface area (Å²) in [6, 6.07) is 0. The van der Waals surface area contributed by atoms with Crippen LogP contribution in [0.15, 0.2) is 6.33 Å². The zero-order valence-electron chi connectivity index (χ0n) is 6.99. The van der Waals surface area contributed by atoms with Crippen LogP contribution in [0.25, 0.3) is 0 Å². The molecular weight excluding hydrogens is 140 g/mol. The molecule has 1 rings (SSSR count). The minimum absolute atomic E-state index is 0.465. The van der Waals surface area contributed by atoms with Gasteiger partial charge in [0.1, 0.15) is 12.2 Å². The van der Waals surface area contributed by atoms with E-state index in [4.69, 9.17) is 5.73 Å². The third-order valence-corrected chi connectivity index (χ3v) is 1.44. The van der Waals surface area contributed by atoms with Gasteiger partial charge in [-0.2, -0.15) is 0 Å². The molecule has 4 heteroatoms. The zero-order valence-corrected chi connectivity index (χ0v) is 6.99. The molecule has 0 fully saturated rings. The van der Waals surface area contributed by atoms with Gasteiger partial charge < -0.3 is 10.3 Å². The highest BCUT2D eigenvalue weighted by atomic mass is 15.3. The van der Waals surface area contributed by atoms with Crippen molar-refractivity contribution in [3.05, 3.63) is 12.2 Å². The fraction of sp³-hybridized carbons (Fsp3) is 0.714. The second kappa shape index (κ2) is 3.48. The van der Waals surface area contributed by atoms with Gasteiger partial charge in [0.05, 0.1) is 6.54 Å². The van der Waals surface area contributed by atoms with Crippen LogP contribution < -0.4 is 5.73 Å². The third-order valence-electron chi connectivity index (χ3n) is 1.44. The van der Waals surface area contributed by atoms with Crippen molar-refractivity contribution in [3.63, 3.8) is 0 Å². The predicted octanol–water partition coefficient (Wildman–Crippen LogP) is 0.393. The van der Waals surface area contributed by atoms with Crippen LogP contribution in [-0.2, 0) is 13.1 Å². The molecule has 1 aromatic rings. The minimum atomic E-state index is 0.465. The number of rotatable bonds is 3. The Bertz CT molecular complexity index is 216. The van der Waals surface area contributed by atoms with Crippen molar-refractivity contribution in [2.24, 2.45) is 11.7 Å². The molecule has 0 aliphatic heterocycles. The normalized spacial score (nSPS) is 10.9. The van der Waals surface area contributed by atoms with Gasteiger partial charge in [-0.05, 0) is 5.92 Å². The molecule has 0 bridgehead atoms. The summed E-state index contributed by atoms with van der Waals surface area (Å²) in [4.78, 5) is 0. The summed E-state index contributed by atoms with van der Waals surface area (Å²) in [5.41, 5.74) is 5.45. The first-order chi connectivity index (χ1) is 5.24. The number of hydrogen-bond acceptors (Lipinski definition) is 3. The van der Waals surface area contributed by atoms with Gasteiger partial charge in [-0.3, -0.25) is 0 Å². The van der Waals surface area contributed by atoms with E-state index in [1.165, 1.54) is 0 Å². The molecule has 2 N–H and O–H groups in total. The van der Waals surface area contributed by atoms with Crippen LogP contribution in [0.1, 0.15) is 19.7 Å². The maximum absolute atomic E-state index is 5.45. The molecule has 0 aromatic carbocycles. The Morgan fingerprint density at radius 2 is 2.36 bits per heavy atom. The summed E-state index contributed by atoms with van der Waals surface area (Å²) in [5.74, 6) is 1.47. The number of nitrogens with zero attached hydrogens (tertiary/aromatic N) is 3. The van der Waals surface area contributed by atoms with Crippen LogP contribution in [0, 0.1) is 5.92 Å². The van der Waals surface area contributed by atoms with Crippen LogP contribution in [0.3, 0.4) is 0 Å². The topological polar surface area (TPSA) is 56.7 Å². The Hall–Kier alpha value is -0.900. The van der Waals surface area contributed by atoms with Crippen LogP contribution in [0.2, 0.25) is 0 Å². The van der Waals surface area contributed by atoms with Crippen LogP contribution in [0.5, 0.6) is 0 Å². The lowest BCUT2D eigenvalue weighted by molar-refractivity contribution is 0.507. The summed E-state index contributed by atoms with van der Waals surface area (Å²) in [6.45, 7) is 5.72. The molecule has 0 saturated heterocycles.